The Morgan fingerprint density at radius 3 is 2.13 bits per heavy atom. The second-order valence-electron chi connectivity index (χ2n) is 10.1. The smallest absolute Gasteiger partial charge is 0.181 e. The minimum absolute atomic E-state index is 0.790. The third-order valence-electron chi connectivity index (χ3n) is 8.04. The molecule has 6 aromatic carbocycles. The predicted octanol–water partition coefficient (Wildman–Crippen LogP) is 9.18. The van der Waals surface area contributed by atoms with Crippen LogP contribution in [0.25, 0.3) is 76.9 Å². The highest BCUT2D eigenvalue weighted by Crippen LogP contribution is 2.43. The van der Waals surface area contributed by atoms with E-state index in [-0.39, 0.29) is 0 Å². The van der Waals surface area contributed by atoms with Gasteiger partial charge in [0.15, 0.2) is 12.0 Å². The quantitative estimate of drug-likeness (QED) is 0.238. The van der Waals surface area contributed by atoms with Crippen molar-refractivity contribution < 1.29 is 4.42 Å². The maximum Gasteiger partial charge on any atom is 0.181 e. The van der Waals surface area contributed by atoms with E-state index < -0.39 is 0 Å². The van der Waals surface area contributed by atoms with Crippen molar-refractivity contribution in [2.24, 2.45) is 0 Å². The molecular formula is C35H21N3O. The highest BCUT2D eigenvalue weighted by molar-refractivity contribution is 6.30. The van der Waals surface area contributed by atoms with Crippen LogP contribution in [0.3, 0.4) is 0 Å². The molecule has 0 unspecified atom stereocenters. The van der Waals surface area contributed by atoms with Crippen LogP contribution in [0, 0.1) is 0 Å². The molecule has 39 heavy (non-hydrogen) atoms. The first kappa shape index (κ1) is 20.7. The lowest BCUT2D eigenvalue weighted by Gasteiger charge is -2.12. The van der Waals surface area contributed by atoms with Gasteiger partial charge in [0.2, 0.25) is 0 Å². The van der Waals surface area contributed by atoms with Crippen LogP contribution in [0.15, 0.2) is 132 Å². The Morgan fingerprint density at radius 1 is 0.513 bits per heavy atom. The van der Waals surface area contributed by atoms with Gasteiger partial charge in [-0.05, 0) is 53.9 Å². The summed E-state index contributed by atoms with van der Waals surface area (Å²) in [6.45, 7) is 0. The van der Waals surface area contributed by atoms with Crippen molar-refractivity contribution >= 4 is 65.5 Å². The topological polar surface area (TPSA) is 35.9 Å². The van der Waals surface area contributed by atoms with E-state index in [0.29, 0.717) is 0 Å². The molecule has 3 heterocycles. The molecule has 0 fully saturated rings. The third kappa shape index (κ3) is 2.75. The second-order valence-corrected chi connectivity index (χ2v) is 10.1. The van der Waals surface area contributed by atoms with E-state index in [2.05, 4.69) is 129 Å². The summed E-state index contributed by atoms with van der Waals surface area (Å²) in [5, 5.41) is 7.47. The van der Waals surface area contributed by atoms with Crippen LogP contribution >= 0.6 is 0 Å². The minimum atomic E-state index is 0.790. The Morgan fingerprint density at radius 2 is 1.26 bits per heavy atom. The lowest BCUT2D eigenvalue weighted by atomic mass is 10.0. The van der Waals surface area contributed by atoms with Gasteiger partial charge in [-0.2, -0.15) is 0 Å². The average Bonchev–Trinajstić information content (AvgIpc) is 3.69. The molecule has 182 valence electrons. The van der Waals surface area contributed by atoms with Crippen molar-refractivity contribution in [3.63, 3.8) is 0 Å². The minimum Gasteiger partial charge on any atom is -0.443 e. The Bertz CT molecular complexity index is 2390. The summed E-state index contributed by atoms with van der Waals surface area (Å²) in [6, 6.07) is 43.4. The lowest BCUT2D eigenvalue weighted by Crippen LogP contribution is -1.95. The zero-order valence-electron chi connectivity index (χ0n) is 20.9. The Kier molecular flexibility index (Phi) is 4.02. The fourth-order valence-corrected chi connectivity index (χ4v) is 6.43. The summed E-state index contributed by atoms with van der Waals surface area (Å²) >= 11 is 0. The fourth-order valence-electron chi connectivity index (χ4n) is 6.43. The summed E-state index contributed by atoms with van der Waals surface area (Å²) < 4.78 is 10.3. The molecule has 0 aliphatic heterocycles. The molecule has 0 saturated heterocycles. The average molecular weight is 500 g/mol. The van der Waals surface area contributed by atoms with Gasteiger partial charge in [-0.3, -0.25) is 0 Å². The van der Waals surface area contributed by atoms with E-state index in [1.54, 1.807) is 0 Å². The van der Waals surface area contributed by atoms with E-state index in [4.69, 9.17) is 4.42 Å². The molecular weight excluding hydrogens is 478 g/mol. The molecule has 4 heteroatoms. The van der Waals surface area contributed by atoms with Crippen molar-refractivity contribution in [1.82, 2.24) is 14.1 Å². The van der Waals surface area contributed by atoms with Crippen LogP contribution in [0.1, 0.15) is 0 Å². The Balaban J connectivity index is 1.55. The molecule has 9 rings (SSSR count). The van der Waals surface area contributed by atoms with Crippen LogP contribution in [0.4, 0.5) is 0 Å². The maximum absolute atomic E-state index is 5.56. The van der Waals surface area contributed by atoms with E-state index in [9.17, 15) is 0 Å². The van der Waals surface area contributed by atoms with Gasteiger partial charge < -0.3 is 13.6 Å². The van der Waals surface area contributed by atoms with Crippen molar-refractivity contribution in [2.45, 2.75) is 0 Å². The van der Waals surface area contributed by atoms with Crippen LogP contribution in [-0.2, 0) is 0 Å². The summed E-state index contributed by atoms with van der Waals surface area (Å²) in [5.74, 6) is 0. The van der Waals surface area contributed by atoms with Crippen LogP contribution in [0.5, 0.6) is 0 Å². The van der Waals surface area contributed by atoms with Gasteiger partial charge in [0.25, 0.3) is 0 Å². The highest BCUT2D eigenvalue weighted by Gasteiger charge is 2.20. The first-order valence-electron chi connectivity index (χ1n) is 13.1. The SMILES string of the molecule is c1ccc(-n2c3ccccc3c3c4c(ccc5c6ccccc6n(-c6ccc7ocnc7c6)c54)ccc32)cc1. The first-order valence-corrected chi connectivity index (χ1v) is 13.1. The molecule has 0 N–H and O–H groups in total. The second kappa shape index (κ2) is 7.59. The van der Waals surface area contributed by atoms with E-state index in [1.807, 2.05) is 6.07 Å². The Labute approximate surface area is 222 Å². The van der Waals surface area contributed by atoms with E-state index in [1.165, 1.54) is 60.8 Å². The molecule has 0 amide bonds. The van der Waals surface area contributed by atoms with Gasteiger partial charge in [-0.1, -0.05) is 72.8 Å². The summed E-state index contributed by atoms with van der Waals surface area (Å²) in [5.41, 5.74) is 8.65. The zero-order valence-corrected chi connectivity index (χ0v) is 20.9. The van der Waals surface area contributed by atoms with Crippen LogP contribution in [-0.4, -0.2) is 14.1 Å². The number of aromatic nitrogens is 3. The van der Waals surface area contributed by atoms with Gasteiger partial charge in [0.05, 0.1) is 22.1 Å². The number of hydrogen-bond acceptors (Lipinski definition) is 2. The van der Waals surface area contributed by atoms with Crippen molar-refractivity contribution in [3.05, 3.63) is 128 Å². The zero-order chi connectivity index (χ0) is 25.5. The summed E-state index contributed by atoms with van der Waals surface area (Å²) in [7, 11) is 0. The molecule has 3 aromatic heterocycles. The number of para-hydroxylation sites is 3. The van der Waals surface area contributed by atoms with E-state index >= 15 is 0 Å². The Hall–Kier alpha value is -5.35. The molecule has 0 spiro atoms. The van der Waals surface area contributed by atoms with Gasteiger partial charge in [0, 0.05) is 38.3 Å². The van der Waals surface area contributed by atoms with Crippen molar-refractivity contribution in [1.29, 1.82) is 0 Å². The van der Waals surface area contributed by atoms with Crippen LogP contribution < -0.4 is 0 Å². The number of fused-ring (bicyclic) bond motifs is 10. The predicted molar refractivity (Wildman–Crippen MR) is 160 cm³/mol. The summed E-state index contributed by atoms with van der Waals surface area (Å²) in [6.07, 6.45) is 1.51. The van der Waals surface area contributed by atoms with Gasteiger partial charge in [-0.25, -0.2) is 4.98 Å². The molecule has 0 radical (unpaired) electrons. The lowest BCUT2D eigenvalue weighted by molar-refractivity contribution is 0.602. The molecule has 0 saturated carbocycles. The van der Waals surface area contributed by atoms with Gasteiger partial charge in [-0.15, -0.1) is 0 Å². The number of benzene rings is 6. The van der Waals surface area contributed by atoms with Crippen LogP contribution in [0.2, 0.25) is 0 Å². The first-order chi connectivity index (χ1) is 19.4. The molecule has 0 bridgehead atoms. The maximum atomic E-state index is 5.56. The molecule has 0 atom stereocenters. The third-order valence-corrected chi connectivity index (χ3v) is 8.04. The van der Waals surface area contributed by atoms with E-state index in [0.717, 1.165) is 22.5 Å². The number of nitrogens with zero attached hydrogens (tertiary/aromatic N) is 3. The summed E-state index contributed by atoms with van der Waals surface area (Å²) in [4.78, 5) is 4.46. The van der Waals surface area contributed by atoms with Crippen molar-refractivity contribution in [3.8, 4) is 11.4 Å². The van der Waals surface area contributed by atoms with Gasteiger partial charge >= 0.3 is 0 Å². The monoisotopic (exact) mass is 499 g/mol. The van der Waals surface area contributed by atoms with Gasteiger partial charge in [0.1, 0.15) is 5.52 Å². The largest absolute Gasteiger partial charge is 0.443 e. The molecule has 0 aliphatic carbocycles. The molecule has 0 aliphatic rings. The number of oxazole rings is 1. The molecule has 4 nitrogen and oxygen atoms in total. The van der Waals surface area contributed by atoms with Crippen molar-refractivity contribution in [2.75, 3.05) is 0 Å². The molecule has 9 aromatic rings. The number of rotatable bonds is 2. The fraction of sp³-hybridized carbons (Fsp3) is 0. The standard InChI is InChI=1S/C35H21N3O/c1-2-8-23(9-3-1)37-30-13-7-5-11-27(30)34-31(37)18-15-22-14-17-26-25-10-4-6-12-29(25)38(35(26)33(22)34)24-16-19-32-28(20-24)36-21-39-32/h1-21H. The number of hydrogen-bond donors (Lipinski definition) is 0. The highest BCUT2D eigenvalue weighted by atomic mass is 16.3. The normalized spacial score (nSPS) is 12.1.